The van der Waals surface area contributed by atoms with Crippen LogP contribution in [0.3, 0.4) is 0 Å². The molecular weight excluding hydrogens is 219 g/mol. The molecule has 0 saturated heterocycles. The maximum atomic E-state index is 5.64. The van der Waals surface area contributed by atoms with Crippen molar-refractivity contribution >= 4 is 40.1 Å². The second kappa shape index (κ2) is 3.81. The van der Waals surface area contributed by atoms with E-state index in [1.165, 1.54) is 0 Å². The number of rotatable bonds is 2. The first-order chi connectivity index (χ1) is 5.08. The summed E-state index contributed by atoms with van der Waals surface area (Å²) >= 11 is 14.4. The van der Waals surface area contributed by atoms with Crippen molar-refractivity contribution in [3.8, 4) is 5.75 Å². The molecule has 0 bridgehead atoms. The Labute approximate surface area is 80.8 Å². The first-order valence-corrected chi connectivity index (χ1v) is 7.63. The molecule has 0 radical (unpaired) electrons. The number of hydrogen-bond donors (Lipinski definition) is 1. The summed E-state index contributed by atoms with van der Waals surface area (Å²) in [4.78, 5) is -2.39. The third-order valence-corrected chi connectivity index (χ3v) is 2.07. The van der Waals surface area contributed by atoms with Crippen LogP contribution in [-0.4, -0.2) is 0 Å². The van der Waals surface area contributed by atoms with Crippen molar-refractivity contribution < 1.29 is 4.52 Å². The van der Waals surface area contributed by atoms with Gasteiger partial charge in [-0.15, -0.1) is 0 Å². The Morgan fingerprint density at radius 1 is 1.36 bits per heavy atom. The summed E-state index contributed by atoms with van der Waals surface area (Å²) in [6.45, 7) is 0. The van der Waals surface area contributed by atoms with Crippen LogP contribution in [0.1, 0.15) is 0 Å². The molecule has 1 nitrogen and oxygen atoms in total. The lowest BCUT2D eigenvalue weighted by atomic mass is 10.3. The molecule has 1 rings (SSSR count). The smallest absolute Gasteiger partial charge is 0.252 e. The predicted octanol–water partition coefficient (Wildman–Crippen LogP) is 3.46. The van der Waals surface area contributed by atoms with Crippen molar-refractivity contribution in [3.63, 3.8) is 0 Å². The zero-order chi connectivity index (χ0) is 8.32. The molecule has 0 N–H and O–H groups in total. The fraction of sp³-hybridized carbons (Fsp3) is 0. The molecule has 0 aliphatic carbocycles. The minimum Gasteiger partial charge on any atom is -0.445 e. The largest absolute Gasteiger partial charge is 0.445 e. The van der Waals surface area contributed by atoms with Gasteiger partial charge < -0.3 is 4.52 Å². The van der Waals surface area contributed by atoms with E-state index in [9.17, 15) is 0 Å². The SMILES string of the molecule is S=P(S)(Cl)Oc1ccccc1. The minimum absolute atomic E-state index is 0.667. The number of hydrogen-bond acceptors (Lipinski definition) is 2. The van der Waals surface area contributed by atoms with Crippen LogP contribution in [0.15, 0.2) is 30.3 Å². The molecule has 0 spiro atoms. The van der Waals surface area contributed by atoms with E-state index in [0.29, 0.717) is 5.75 Å². The quantitative estimate of drug-likeness (QED) is 0.609. The normalized spacial score (nSPS) is 15.5. The van der Waals surface area contributed by atoms with Gasteiger partial charge in [0.25, 0.3) is 4.82 Å². The van der Waals surface area contributed by atoms with Crippen LogP contribution in [0.5, 0.6) is 5.75 Å². The second-order valence-electron chi connectivity index (χ2n) is 1.86. The van der Waals surface area contributed by atoms with Crippen LogP contribution in [0.4, 0.5) is 0 Å². The molecule has 1 unspecified atom stereocenters. The van der Waals surface area contributed by atoms with Crippen molar-refractivity contribution in [3.05, 3.63) is 30.3 Å². The summed E-state index contributed by atoms with van der Waals surface area (Å²) in [5, 5.41) is 0. The van der Waals surface area contributed by atoms with E-state index < -0.39 is 4.82 Å². The van der Waals surface area contributed by atoms with Crippen molar-refractivity contribution in [2.75, 3.05) is 0 Å². The second-order valence-corrected chi connectivity index (χ2v) is 9.72. The Bertz CT molecular complexity index is 271. The standard InChI is InChI=1S/C6H6ClOPS2/c7-9(10,11)8-6-4-2-1-3-5-6/h1-5H,(H,10,11). The summed E-state index contributed by atoms with van der Waals surface area (Å²) in [6, 6.07) is 9.18. The molecule has 0 heterocycles. The minimum atomic E-state index is -2.39. The van der Waals surface area contributed by atoms with Gasteiger partial charge in [0.1, 0.15) is 5.75 Å². The fourth-order valence-electron chi connectivity index (χ4n) is 0.611. The molecule has 0 aliphatic rings. The van der Waals surface area contributed by atoms with Crippen LogP contribution < -0.4 is 4.52 Å². The van der Waals surface area contributed by atoms with Crippen molar-refractivity contribution in [1.29, 1.82) is 0 Å². The molecule has 0 aromatic heterocycles. The highest BCUT2D eigenvalue weighted by atomic mass is 35.7. The molecule has 5 heteroatoms. The highest BCUT2D eigenvalue weighted by Gasteiger charge is 2.06. The highest BCUT2D eigenvalue weighted by Crippen LogP contribution is 2.56. The average Bonchev–Trinajstić information content (AvgIpc) is 1.85. The predicted molar refractivity (Wildman–Crippen MR) is 56.2 cm³/mol. The average molecular weight is 225 g/mol. The zero-order valence-electron chi connectivity index (χ0n) is 5.48. The first kappa shape index (κ1) is 9.40. The molecule has 0 aliphatic heterocycles. The van der Waals surface area contributed by atoms with Gasteiger partial charge >= 0.3 is 0 Å². The van der Waals surface area contributed by atoms with Crippen molar-refractivity contribution in [2.24, 2.45) is 0 Å². The molecule has 1 aromatic carbocycles. The lowest BCUT2D eigenvalue weighted by Crippen LogP contribution is -1.78. The lowest BCUT2D eigenvalue weighted by Gasteiger charge is -2.08. The Balaban J connectivity index is 2.74. The summed E-state index contributed by atoms with van der Waals surface area (Å²) in [5.41, 5.74) is 0. The molecule has 0 fully saturated rings. The van der Waals surface area contributed by atoms with Crippen LogP contribution >= 0.6 is 28.3 Å². The Hall–Kier alpha value is 0.310. The van der Waals surface area contributed by atoms with Gasteiger partial charge in [0.2, 0.25) is 0 Å². The lowest BCUT2D eigenvalue weighted by molar-refractivity contribution is 0.637. The van der Waals surface area contributed by atoms with Crippen LogP contribution in [0.2, 0.25) is 0 Å². The van der Waals surface area contributed by atoms with E-state index in [-0.39, 0.29) is 0 Å². The van der Waals surface area contributed by atoms with Crippen molar-refractivity contribution in [1.82, 2.24) is 0 Å². The molecule has 60 valence electrons. The van der Waals surface area contributed by atoms with E-state index in [1.807, 2.05) is 18.2 Å². The van der Waals surface area contributed by atoms with E-state index in [2.05, 4.69) is 12.2 Å². The Morgan fingerprint density at radius 3 is 2.36 bits per heavy atom. The van der Waals surface area contributed by atoms with Gasteiger partial charge in [-0.25, -0.2) is 0 Å². The highest BCUT2D eigenvalue weighted by molar-refractivity contribution is 8.69. The summed E-state index contributed by atoms with van der Waals surface area (Å²) in [7, 11) is 0. The summed E-state index contributed by atoms with van der Waals surface area (Å²) in [6.07, 6.45) is 0. The molecule has 0 amide bonds. The van der Waals surface area contributed by atoms with Gasteiger partial charge in [-0.05, 0) is 35.2 Å². The van der Waals surface area contributed by atoms with Gasteiger partial charge in [0.05, 0.1) is 0 Å². The topological polar surface area (TPSA) is 9.23 Å². The third kappa shape index (κ3) is 4.02. The Morgan fingerprint density at radius 2 is 1.91 bits per heavy atom. The maximum absolute atomic E-state index is 5.64. The number of para-hydroxylation sites is 1. The van der Waals surface area contributed by atoms with Crippen LogP contribution in [0.25, 0.3) is 0 Å². The zero-order valence-corrected chi connectivity index (χ0v) is 8.84. The summed E-state index contributed by atoms with van der Waals surface area (Å²) < 4.78 is 5.16. The molecule has 11 heavy (non-hydrogen) atoms. The molecular formula is C6H6ClOPS2. The molecule has 0 saturated carbocycles. The van der Waals surface area contributed by atoms with E-state index >= 15 is 0 Å². The summed E-state index contributed by atoms with van der Waals surface area (Å²) in [5.74, 6) is 0.667. The van der Waals surface area contributed by atoms with E-state index in [0.717, 1.165) is 0 Å². The van der Waals surface area contributed by atoms with Crippen molar-refractivity contribution in [2.45, 2.75) is 0 Å². The number of halogens is 1. The van der Waals surface area contributed by atoms with Crippen LogP contribution in [-0.2, 0) is 11.8 Å². The van der Waals surface area contributed by atoms with Gasteiger partial charge in [-0.3, -0.25) is 0 Å². The van der Waals surface area contributed by atoms with Gasteiger partial charge in [0, 0.05) is 0 Å². The van der Waals surface area contributed by atoms with E-state index in [4.69, 9.17) is 27.6 Å². The monoisotopic (exact) mass is 224 g/mol. The number of benzene rings is 1. The van der Waals surface area contributed by atoms with Gasteiger partial charge in [0.15, 0.2) is 0 Å². The third-order valence-electron chi connectivity index (χ3n) is 0.961. The first-order valence-electron chi connectivity index (χ1n) is 2.85. The van der Waals surface area contributed by atoms with Crippen LogP contribution in [0, 0.1) is 0 Å². The molecule has 1 aromatic rings. The van der Waals surface area contributed by atoms with Gasteiger partial charge in [-0.2, -0.15) is 0 Å². The molecule has 1 atom stereocenters. The fourth-order valence-corrected chi connectivity index (χ4v) is 1.77. The Kier molecular flexibility index (Phi) is 3.26. The van der Waals surface area contributed by atoms with E-state index in [1.54, 1.807) is 12.1 Å². The number of thiol groups is 1. The maximum Gasteiger partial charge on any atom is 0.252 e. The van der Waals surface area contributed by atoms with Gasteiger partial charge in [-0.1, -0.05) is 30.4 Å².